The fourth-order valence-corrected chi connectivity index (χ4v) is 3.19. The number of carbonyl (C=O) groups excluding carboxylic acids is 2. The van der Waals surface area contributed by atoms with Gasteiger partial charge in [-0.05, 0) is 36.8 Å². The summed E-state index contributed by atoms with van der Waals surface area (Å²) in [5.74, 6) is -0.673. The predicted molar refractivity (Wildman–Crippen MR) is 116 cm³/mol. The number of carbonyl (C=O) groups is 2. The molecule has 4 aromatic rings. The number of aromatic nitrogens is 2. The van der Waals surface area contributed by atoms with Crippen molar-refractivity contribution in [1.82, 2.24) is 15.3 Å². The Morgan fingerprint density at radius 2 is 1.63 bits per heavy atom. The van der Waals surface area contributed by atoms with Gasteiger partial charge in [0, 0.05) is 23.3 Å². The Balaban J connectivity index is 1.51. The lowest BCUT2D eigenvalue weighted by molar-refractivity contribution is 0.0935. The molecule has 0 aliphatic carbocycles. The molecule has 4 rings (SSSR count). The Hall–Kier alpha value is -4.06. The Morgan fingerprint density at radius 3 is 2.47 bits per heavy atom. The van der Waals surface area contributed by atoms with Crippen molar-refractivity contribution >= 4 is 28.4 Å². The fraction of sp³-hybridized carbons (Fsp3) is 0.0833. The van der Waals surface area contributed by atoms with Crippen molar-refractivity contribution in [3.63, 3.8) is 0 Å². The average Bonchev–Trinajstić information content (AvgIpc) is 2.80. The normalized spacial score (nSPS) is 11.6. The third-order valence-electron chi connectivity index (χ3n) is 4.78. The lowest BCUT2D eigenvalue weighted by Crippen LogP contribution is -2.27. The van der Waals surface area contributed by atoms with E-state index in [1.165, 1.54) is 12.3 Å². The van der Waals surface area contributed by atoms with Crippen LogP contribution in [-0.2, 0) is 0 Å². The van der Waals surface area contributed by atoms with Crippen molar-refractivity contribution in [3.05, 3.63) is 102 Å². The molecule has 2 amide bonds. The highest BCUT2D eigenvalue weighted by Crippen LogP contribution is 2.21. The van der Waals surface area contributed by atoms with E-state index in [2.05, 4.69) is 20.6 Å². The van der Waals surface area contributed by atoms with Gasteiger partial charge in [0.1, 0.15) is 5.69 Å². The van der Waals surface area contributed by atoms with Crippen molar-refractivity contribution in [3.8, 4) is 0 Å². The quantitative estimate of drug-likeness (QED) is 0.525. The second-order valence-corrected chi connectivity index (χ2v) is 6.87. The number of hydrogen-bond acceptors (Lipinski definition) is 4. The molecule has 2 aromatic heterocycles. The second-order valence-electron chi connectivity index (χ2n) is 6.87. The van der Waals surface area contributed by atoms with Crippen molar-refractivity contribution in [1.29, 1.82) is 0 Å². The van der Waals surface area contributed by atoms with Crippen LogP contribution in [0.3, 0.4) is 0 Å². The number of para-hydroxylation sites is 1. The van der Waals surface area contributed by atoms with Crippen LogP contribution in [0.25, 0.3) is 10.9 Å². The number of benzene rings is 2. The summed E-state index contributed by atoms with van der Waals surface area (Å²) in [6.45, 7) is 1.90. The molecule has 0 fully saturated rings. The molecule has 2 N–H and O–H groups in total. The van der Waals surface area contributed by atoms with Crippen LogP contribution < -0.4 is 10.6 Å². The maximum absolute atomic E-state index is 12.8. The van der Waals surface area contributed by atoms with E-state index in [1.54, 1.807) is 18.3 Å². The zero-order valence-electron chi connectivity index (χ0n) is 16.4. The standard InChI is InChI=1S/C24H20N4O2/c1-16(17-7-3-2-4-8-17)27-24(30)21-15-19(12-14-25-21)23(29)28-20-11-5-9-18-10-6-13-26-22(18)20/h2-16H,1H3,(H,27,30)(H,28,29). The van der Waals surface area contributed by atoms with Gasteiger partial charge in [0.2, 0.25) is 0 Å². The number of amides is 2. The first-order valence-electron chi connectivity index (χ1n) is 9.59. The van der Waals surface area contributed by atoms with Gasteiger partial charge in [-0.3, -0.25) is 19.6 Å². The molecule has 6 nitrogen and oxygen atoms in total. The molecule has 0 spiro atoms. The molecule has 1 atom stereocenters. The van der Waals surface area contributed by atoms with Gasteiger partial charge in [-0.1, -0.05) is 48.5 Å². The number of pyridine rings is 2. The van der Waals surface area contributed by atoms with Crippen LogP contribution >= 0.6 is 0 Å². The van der Waals surface area contributed by atoms with Gasteiger partial charge in [0.05, 0.1) is 17.2 Å². The number of hydrogen-bond donors (Lipinski definition) is 2. The molecule has 2 heterocycles. The first-order chi connectivity index (χ1) is 14.6. The third-order valence-corrected chi connectivity index (χ3v) is 4.78. The van der Waals surface area contributed by atoms with Crippen molar-refractivity contribution in [2.24, 2.45) is 0 Å². The van der Waals surface area contributed by atoms with Gasteiger partial charge >= 0.3 is 0 Å². The molecule has 0 saturated carbocycles. The van der Waals surface area contributed by atoms with Gasteiger partial charge in [-0.2, -0.15) is 0 Å². The third kappa shape index (κ3) is 4.17. The monoisotopic (exact) mass is 396 g/mol. The van der Waals surface area contributed by atoms with Crippen LogP contribution in [0.2, 0.25) is 0 Å². The molecule has 1 unspecified atom stereocenters. The van der Waals surface area contributed by atoms with E-state index in [0.29, 0.717) is 16.8 Å². The predicted octanol–water partition coefficient (Wildman–Crippen LogP) is 4.37. The Morgan fingerprint density at radius 1 is 0.833 bits per heavy atom. The Labute approximate surface area is 174 Å². The molecule has 0 aliphatic heterocycles. The van der Waals surface area contributed by atoms with E-state index in [4.69, 9.17) is 0 Å². The molecular formula is C24H20N4O2. The fourth-order valence-electron chi connectivity index (χ4n) is 3.19. The minimum atomic E-state index is -0.340. The van der Waals surface area contributed by atoms with E-state index < -0.39 is 0 Å². The average molecular weight is 396 g/mol. The number of nitrogens with zero attached hydrogens (tertiary/aromatic N) is 2. The second kappa shape index (κ2) is 8.53. The minimum absolute atomic E-state index is 0.181. The minimum Gasteiger partial charge on any atom is -0.344 e. The molecule has 6 heteroatoms. The highest BCUT2D eigenvalue weighted by Gasteiger charge is 2.15. The highest BCUT2D eigenvalue weighted by atomic mass is 16.2. The Bertz CT molecular complexity index is 1200. The van der Waals surface area contributed by atoms with E-state index in [-0.39, 0.29) is 23.6 Å². The topological polar surface area (TPSA) is 84.0 Å². The van der Waals surface area contributed by atoms with Crippen LogP contribution in [0.15, 0.2) is 85.2 Å². The van der Waals surface area contributed by atoms with E-state index in [9.17, 15) is 9.59 Å². The van der Waals surface area contributed by atoms with E-state index >= 15 is 0 Å². The van der Waals surface area contributed by atoms with Gasteiger partial charge < -0.3 is 10.6 Å². The Kier molecular flexibility index (Phi) is 5.48. The van der Waals surface area contributed by atoms with Gasteiger partial charge in [0.25, 0.3) is 11.8 Å². The molecule has 0 radical (unpaired) electrons. The summed E-state index contributed by atoms with van der Waals surface area (Å²) in [5.41, 5.74) is 2.83. The summed E-state index contributed by atoms with van der Waals surface area (Å²) in [5, 5.41) is 6.71. The number of rotatable bonds is 5. The molecule has 0 bridgehead atoms. The largest absolute Gasteiger partial charge is 0.344 e. The van der Waals surface area contributed by atoms with Crippen LogP contribution in [0.5, 0.6) is 0 Å². The number of anilines is 1. The molecular weight excluding hydrogens is 376 g/mol. The van der Waals surface area contributed by atoms with Gasteiger partial charge in [0.15, 0.2) is 0 Å². The molecule has 30 heavy (non-hydrogen) atoms. The maximum atomic E-state index is 12.8. The first kappa shape index (κ1) is 19.3. The number of nitrogens with one attached hydrogen (secondary N) is 2. The van der Waals surface area contributed by atoms with Crippen LogP contribution in [0.4, 0.5) is 5.69 Å². The number of fused-ring (bicyclic) bond motifs is 1. The lowest BCUT2D eigenvalue weighted by atomic mass is 10.1. The van der Waals surface area contributed by atoms with Crippen molar-refractivity contribution in [2.75, 3.05) is 5.32 Å². The van der Waals surface area contributed by atoms with Gasteiger partial charge in [-0.25, -0.2) is 0 Å². The lowest BCUT2D eigenvalue weighted by Gasteiger charge is -2.14. The summed E-state index contributed by atoms with van der Waals surface area (Å²) in [7, 11) is 0. The molecule has 0 saturated heterocycles. The molecule has 148 valence electrons. The summed E-state index contributed by atoms with van der Waals surface area (Å²) < 4.78 is 0. The van der Waals surface area contributed by atoms with Crippen LogP contribution in [0, 0.1) is 0 Å². The smallest absolute Gasteiger partial charge is 0.270 e. The highest BCUT2D eigenvalue weighted by molar-refractivity contribution is 6.09. The molecule has 0 aliphatic rings. The SMILES string of the molecule is CC(NC(=O)c1cc(C(=O)Nc2cccc3cccnc23)ccn1)c1ccccc1. The summed E-state index contributed by atoms with van der Waals surface area (Å²) in [4.78, 5) is 33.9. The van der Waals surface area contributed by atoms with Crippen LogP contribution in [0.1, 0.15) is 39.4 Å². The van der Waals surface area contributed by atoms with E-state index in [1.807, 2.05) is 61.5 Å². The van der Waals surface area contributed by atoms with Gasteiger partial charge in [-0.15, -0.1) is 0 Å². The van der Waals surface area contributed by atoms with Crippen molar-refractivity contribution < 1.29 is 9.59 Å². The van der Waals surface area contributed by atoms with Crippen LogP contribution in [-0.4, -0.2) is 21.8 Å². The zero-order chi connectivity index (χ0) is 20.9. The first-order valence-corrected chi connectivity index (χ1v) is 9.59. The van der Waals surface area contributed by atoms with E-state index in [0.717, 1.165) is 10.9 Å². The molecule has 2 aromatic carbocycles. The maximum Gasteiger partial charge on any atom is 0.270 e. The van der Waals surface area contributed by atoms with Crippen molar-refractivity contribution in [2.45, 2.75) is 13.0 Å². The summed E-state index contributed by atoms with van der Waals surface area (Å²) >= 11 is 0. The summed E-state index contributed by atoms with van der Waals surface area (Å²) in [6.07, 6.45) is 3.14. The zero-order valence-corrected chi connectivity index (χ0v) is 16.4. The summed E-state index contributed by atoms with van der Waals surface area (Å²) in [6, 6.07) is 21.9.